The quantitative estimate of drug-likeness (QED) is 0.481. The van der Waals surface area contributed by atoms with Crippen molar-refractivity contribution in [3.63, 3.8) is 0 Å². The van der Waals surface area contributed by atoms with Gasteiger partial charge in [0.2, 0.25) is 10.0 Å². The van der Waals surface area contributed by atoms with Crippen molar-refractivity contribution in [2.75, 3.05) is 31.9 Å². The third-order valence-corrected chi connectivity index (χ3v) is 4.17. The number of rotatable bonds is 5. The molecule has 0 heterocycles. The van der Waals surface area contributed by atoms with E-state index >= 15 is 0 Å². The fourth-order valence-electron chi connectivity index (χ4n) is 1.48. The third kappa shape index (κ3) is 3.59. The van der Waals surface area contributed by atoms with Crippen LogP contribution in [-0.4, -0.2) is 41.3 Å². The monoisotopic (exact) mass is 322 g/mol. The molecule has 3 N–H and O–H groups in total. The Morgan fingerprint density at radius 2 is 2.10 bits per heavy atom. The Labute approximate surface area is 122 Å². The van der Waals surface area contributed by atoms with Crippen LogP contribution in [-0.2, 0) is 10.0 Å². The molecule has 0 aromatic heterocycles. The van der Waals surface area contributed by atoms with Gasteiger partial charge in [0.15, 0.2) is 0 Å². The maximum Gasteiger partial charge on any atom is 0.243 e. The molecule has 0 spiro atoms. The van der Waals surface area contributed by atoms with Crippen molar-refractivity contribution in [2.45, 2.75) is 4.90 Å². The molecule has 1 aromatic carbocycles. The highest BCUT2D eigenvalue weighted by atomic mass is 35.5. The van der Waals surface area contributed by atoms with Crippen molar-refractivity contribution >= 4 is 38.8 Å². The summed E-state index contributed by atoms with van der Waals surface area (Å²) >= 11 is 5.55. The number of nitrogens with two attached hydrogens (primary N) is 1. The SMILES string of the molecule is CNS(=O)(=O)c1cc(N=C(N)CCl)c(N(C)C)cc1F. The molecule has 0 atom stereocenters. The first-order chi connectivity index (χ1) is 9.22. The summed E-state index contributed by atoms with van der Waals surface area (Å²) < 4.78 is 39.5. The molecule has 0 unspecified atom stereocenters. The molecular weight excluding hydrogens is 307 g/mol. The van der Waals surface area contributed by atoms with Crippen LogP contribution < -0.4 is 15.4 Å². The number of sulfonamides is 1. The summed E-state index contributed by atoms with van der Waals surface area (Å²) in [5.41, 5.74) is 6.16. The standard InChI is InChI=1S/C11H16ClFN4O2S/c1-15-20(18,19)10-5-8(16-11(14)6-12)9(17(2)3)4-7(10)13/h4-5,15H,6H2,1-3H3,(H2,14,16). The minimum Gasteiger partial charge on any atom is -0.386 e. The maximum absolute atomic E-state index is 13.9. The molecule has 1 rings (SSSR count). The van der Waals surface area contributed by atoms with Gasteiger partial charge in [-0.05, 0) is 13.1 Å². The van der Waals surface area contributed by atoms with Gasteiger partial charge in [0.05, 0.1) is 17.3 Å². The summed E-state index contributed by atoms with van der Waals surface area (Å²) in [5.74, 6) is -0.779. The molecule has 0 saturated heterocycles. The van der Waals surface area contributed by atoms with Crippen LogP contribution in [0.2, 0.25) is 0 Å². The number of alkyl halides is 1. The number of hydrogen-bond donors (Lipinski definition) is 2. The van der Waals surface area contributed by atoms with Crippen molar-refractivity contribution in [1.82, 2.24) is 4.72 Å². The Morgan fingerprint density at radius 1 is 1.50 bits per heavy atom. The Hall–Kier alpha value is -1.38. The molecule has 20 heavy (non-hydrogen) atoms. The molecule has 0 radical (unpaired) electrons. The lowest BCUT2D eigenvalue weighted by molar-refractivity contribution is 0.561. The molecule has 0 aliphatic rings. The van der Waals surface area contributed by atoms with E-state index in [-0.39, 0.29) is 17.4 Å². The number of hydrogen-bond acceptors (Lipinski definition) is 4. The first kappa shape index (κ1) is 16.7. The predicted molar refractivity (Wildman–Crippen MR) is 79.0 cm³/mol. The van der Waals surface area contributed by atoms with E-state index in [4.69, 9.17) is 17.3 Å². The van der Waals surface area contributed by atoms with Gasteiger partial charge in [-0.1, -0.05) is 0 Å². The van der Waals surface area contributed by atoms with Crippen LogP contribution in [0.15, 0.2) is 22.0 Å². The summed E-state index contributed by atoms with van der Waals surface area (Å²) in [6, 6.07) is 2.21. The first-order valence-electron chi connectivity index (χ1n) is 5.56. The number of anilines is 1. The molecular formula is C11H16ClFN4O2S. The van der Waals surface area contributed by atoms with Gasteiger partial charge < -0.3 is 10.6 Å². The van der Waals surface area contributed by atoms with Crippen molar-refractivity contribution in [1.29, 1.82) is 0 Å². The molecule has 0 amide bonds. The number of nitrogens with one attached hydrogen (secondary N) is 1. The van der Waals surface area contributed by atoms with Crippen LogP contribution in [0.4, 0.5) is 15.8 Å². The number of benzene rings is 1. The van der Waals surface area contributed by atoms with Gasteiger partial charge in [0.25, 0.3) is 0 Å². The van der Waals surface area contributed by atoms with Crippen LogP contribution in [0, 0.1) is 5.82 Å². The zero-order valence-electron chi connectivity index (χ0n) is 11.3. The van der Waals surface area contributed by atoms with E-state index in [1.807, 2.05) is 0 Å². The summed E-state index contributed by atoms with van der Waals surface area (Å²) in [5, 5.41) is 0. The van der Waals surface area contributed by atoms with Gasteiger partial charge in [-0.2, -0.15) is 0 Å². The van der Waals surface area contributed by atoms with E-state index < -0.39 is 20.7 Å². The lowest BCUT2D eigenvalue weighted by Crippen LogP contribution is -2.21. The fourth-order valence-corrected chi connectivity index (χ4v) is 2.34. The second-order valence-corrected chi connectivity index (χ2v) is 6.23. The summed E-state index contributed by atoms with van der Waals surface area (Å²) in [6.07, 6.45) is 0. The lowest BCUT2D eigenvalue weighted by atomic mass is 10.2. The molecule has 9 heteroatoms. The van der Waals surface area contributed by atoms with Gasteiger partial charge in [0.1, 0.15) is 16.5 Å². The van der Waals surface area contributed by atoms with Gasteiger partial charge >= 0.3 is 0 Å². The van der Waals surface area contributed by atoms with Crippen LogP contribution in [0.1, 0.15) is 0 Å². The van der Waals surface area contributed by atoms with Crippen molar-refractivity contribution in [3.05, 3.63) is 17.9 Å². The smallest absolute Gasteiger partial charge is 0.243 e. The Kier molecular flexibility index (Phi) is 5.32. The molecule has 0 aliphatic carbocycles. The Balaban J connectivity index is 3.59. The lowest BCUT2D eigenvalue weighted by Gasteiger charge is -2.17. The molecule has 0 bridgehead atoms. The number of amidine groups is 1. The summed E-state index contributed by atoms with van der Waals surface area (Å²) in [4.78, 5) is 5.11. The van der Waals surface area contributed by atoms with Gasteiger partial charge in [0, 0.05) is 20.2 Å². The minimum absolute atomic E-state index is 0.0155. The molecule has 0 saturated carbocycles. The van der Waals surface area contributed by atoms with Gasteiger partial charge in [-0.3, -0.25) is 0 Å². The number of halogens is 2. The zero-order valence-corrected chi connectivity index (χ0v) is 12.9. The second-order valence-electron chi connectivity index (χ2n) is 4.11. The van der Waals surface area contributed by atoms with E-state index in [0.29, 0.717) is 5.69 Å². The fraction of sp³-hybridized carbons (Fsp3) is 0.364. The number of nitrogens with zero attached hydrogens (tertiary/aromatic N) is 2. The van der Waals surface area contributed by atoms with E-state index in [2.05, 4.69) is 9.71 Å². The van der Waals surface area contributed by atoms with Crippen molar-refractivity contribution < 1.29 is 12.8 Å². The topological polar surface area (TPSA) is 87.8 Å². The van der Waals surface area contributed by atoms with Crippen LogP contribution in [0.25, 0.3) is 0 Å². The zero-order chi connectivity index (χ0) is 15.5. The van der Waals surface area contributed by atoms with Gasteiger partial charge in [-0.15, -0.1) is 11.6 Å². The largest absolute Gasteiger partial charge is 0.386 e. The van der Waals surface area contributed by atoms with Crippen LogP contribution in [0.5, 0.6) is 0 Å². The summed E-state index contributed by atoms with van der Waals surface area (Å²) in [6.45, 7) is 0. The molecule has 6 nitrogen and oxygen atoms in total. The van der Waals surface area contributed by atoms with E-state index in [9.17, 15) is 12.8 Å². The third-order valence-electron chi connectivity index (χ3n) is 2.47. The van der Waals surface area contributed by atoms with Crippen molar-refractivity contribution in [2.24, 2.45) is 10.7 Å². The Morgan fingerprint density at radius 3 is 2.55 bits per heavy atom. The second kappa shape index (κ2) is 6.38. The van der Waals surface area contributed by atoms with Gasteiger partial charge in [-0.25, -0.2) is 22.5 Å². The molecule has 0 aliphatic heterocycles. The predicted octanol–water partition coefficient (Wildman–Crippen LogP) is 1.03. The highest BCUT2D eigenvalue weighted by molar-refractivity contribution is 7.89. The highest BCUT2D eigenvalue weighted by Crippen LogP contribution is 2.32. The van der Waals surface area contributed by atoms with E-state index in [1.54, 1.807) is 19.0 Å². The summed E-state index contributed by atoms with van der Waals surface area (Å²) in [7, 11) is 0.631. The van der Waals surface area contributed by atoms with E-state index in [1.165, 1.54) is 7.05 Å². The highest BCUT2D eigenvalue weighted by Gasteiger charge is 2.21. The average molecular weight is 323 g/mol. The normalized spacial score (nSPS) is 12.6. The van der Waals surface area contributed by atoms with Crippen LogP contribution in [0.3, 0.4) is 0 Å². The molecule has 0 fully saturated rings. The molecule has 112 valence electrons. The number of aliphatic imine (C=N–C) groups is 1. The van der Waals surface area contributed by atoms with E-state index in [0.717, 1.165) is 12.1 Å². The minimum atomic E-state index is -3.92. The first-order valence-corrected chi connectivity index (χ1v) is 7.58. The van der Waals surface area contributed by atoms with Crippen molar-refractivity contribution in [3.8, 4) is 0 Å². The molecule has 1 aromatic rings. The maximum atomic E-state index is 13.9. The van der Waals surface area contributed by atoms with Crippen LogP contribution >= 0.6 is 11.6 Å². The Bertz CT molecular complexity index is 632. The average Bonchev–Trinajstić information content (AvgIpc) is 2.39.